The number of carbonyl (C=O) groups excluding carboxylic acids is 2. The van der Waals surface area contributed by atoms with E-state index < -0.39 is 0 Å². The van der Waals surface area contributed by atoms with Crippen LogP contribution in [-0.2, 0) is 9.59 Å². The molecule has 1 aliphatic rings. The largest absolute Gasteiger partial charge is 0.354 e. The Balaban J connectivity index is 2.32. The third-order valence-electron chi connectivity index (χ3n) is 3.37. The van der Waals surface area contributed by atoms with Gasteiger partial charge in [-0.15, -0.1) is 0 Å². The smallest absolute Gasteiger partial charge is 0.239 e. The Morgan fingerprint density at radius 1 is 1.33 bits per heavy atom. The molecule has 0 aromatic rings. The minimum atomic E-state index is -0.0847. The van der Waals surface area contributed by atoms with Gasteiger partial charge in [-0.3, -0.25) is 9.59 Å². The molecule has 1 fully saturated rings. The zero-order valence-electron chi connectivity index (χ0n) is 11.8. The summed E-state index contributed by atoms with van der Waals surface area (Å²) in [5.41, 5.74) is 0. The molecule has 0 saturated carbocycles. The highest BCUT2D eigenvalue weighted by atomic mass is 16.2. The molecule has 1 unspecified atom stereocenters. The van der Waals surface area contributed by atoms with Crippen molar-refractivity contribution in [1.29, 1.82) is 0 Å². The quantitative estimate of drug-likeness (QED) is 0.706. The fourth-order valence-corrected chi connectivity index (χ4v) is 1.88. The topological polar surface area (TPSA) is 61.4 Å². The van der Waals surface area contributed by atoms with Crippen molar-refractivity contribution >= 4 is 11.8 Å². The first-order valence-corrected chi connectivity index (χ1v) is 6.64. The fraction of sp³-hybridized carbons (Fsp3) is 0.846. The third kappa shape index (κ3) is 4.29. The average Bonchev–Trinajstić information content (AvgIpc) is 2.22. The Kier molecular flexibility index (Phi) is 5.59. The molecular weight excluding hydrogens is 230 g/mol. The van der Waals surface area contributed by atoms with E-state index in [1.54, 1.807) is 7.05 Å². The molecule has 2 N–H and O–H groups in total. The molecule has 1 rings (SSSR count). The Bertz CT molecular complexity index is 301. The van der Waals surface area contributed by atoms with Crippen molar-refractivity contribution in [2.75, 3.05) is 33.2 Å². The van der Waals surface area contributed by atoms with Gasteiger partial charge in [0.1, 0.15) is 0 Å². The molecule has 1 atom stereocenters. The highest BCUT2D eigenvalue weighted by Gasteiger charge is 2.30. The van der Waals surface area contributed by atoms with Gasteiger partial charge in [0.25, 0.3) is 0 Å². The Morgan fingerprint density at radius 2 is 1.94 bits per heavy atom. The number of amides is 2. The predicted octanol–water partition coefficient (Wildman–Crippen LogP) is 0.0725. The van der Waals surface area contributed by atoms with E-state index in [4.69, 9.17) is 0 Å². The first-order valence-electron chi connectivity index (χ1n) is 6.64. The highest BCUT2D eigenvalue weighted by molar-refractivity contribution is 5.85. The lowest BCUT2D eigenvalue weighted by molar-refractivity contribution is -0.139. The van der Waals surface area contributed by atoms with Crippen molar-refractivity contribution < 1.29 is 9.59 Å². The van der Waals surface area contributed by atoms with Crippen LogP contribution in [0, 0.1) is 17.8 Å². The van der Waals surface area contributed by atoms with E-state index in [1.165, 1.54) is 4.90 Å². The van der Waals surface area contributed by atoms with Gasteiger partial charge in [-0.05, 0) is 24.9 Å². The van der Waals surface area contributed by atoms with Crippen molar-refractivity contribution in [2.45, 2.75) is 20.8 Å². The first-order chi connectivity index (χ1) is 8.41. The van der Waals surface area contributed by atoms with Crippen LogP contribution >= 0.6 is 0 Å². The molecular formula is C13H25N3O2. The monoisotopic (exact) mass is 255 g/mol. The highest BCUT2D eigenvalue weighted by Crippen LogP contribution is 2.17. The normalized spacial score (nSPS) is 17.2. The number of likely N-dealkylation sites (N-methyl/N-ethyl adjacent to an activating group) is 1. The van der Waals surface area contributed by atoms with E-state index >= 15 is 0 Å². The van der Waals surface area contributed by atoms with Gasteiger partial charge in [0.05, 0.1) is 6.54 Å². The average molecular weight is 255 g/mol. The number of nitrogens with zero attached hydrogens (tertiary/aromatic N) is 1. The second kappa shape index (κ2) is 6.73. The number of carbonyl (C=O) groups is 2. The summed E-state index contributed by atoms with van der Waals surface area (Å²) in [6.45, 7) is 8.64. The maximum Gasteiger partial charge on any atom is 0.239 e. The van der Waals surface area contributed by atoms with Gasteiger partial charge in [-0.2, -0.15) is 0 Å². The third-order valence-corrected chi connectivity index (χ3v) is 3.37. The molecule has 104 valence electrons. The molecule has 0 radical (unpaired) electrons. The van der Waals surface area contributed by atoms with Crippen LogP contribution < -0.4 is 10.6 Å². The van der Waals surface area contributed by atoms with Crippen molar-refractivity contribution in [2.24, 2.45) is 17.8 Å². The standard InChI is InChI=1S/C13H25N3O2/c1-9(2)5-15-12(17)8-16(4)13(18)10(3)11-6-14-7-11/h9-11,14H,5-8H2,1-4H3,(H,15,17). The molecule has 0 bridgehead atoms. The number of hydrogen-bond acceptors (Lipinski definition) is 3. The van der Waals surface area contributed by atoms with Crippen molar-refractivity contribution in [3.8, 4) is 0 Å². The van der Waals surface area contributed by atoms with Gasteiger partial charge >= 0.3 is 0 Å². The molecule has 1 aliphatic heterocycles. The predicted molar refractivity (Wildman–Crippen MR) is 71.0 cm³/mol. The molecule has 0 aliphatic carbocycles. The van der Waals surface area contributed by atoms with Gasteiger partial charge in [-0.1, -0.05) is 20.8 Å². The Morgan fingerprint density at radius 3 is 2.39 bits per heavy atom. The van der Waals surface area contributed by atoms with E-state index in [1.807, 2.05) is 20.8 Å². The molecule has 1 saturated heterocycles. The second-order valence-corrected chi connectivity index (χ2v) is 5.60. The summed E-state index contributed by atoms with van der Waals surface area (Å²) in [5, 5.41) is 5.98. The molecule has 5 heteroatoms. The van der Waals surface area contributed by atoms with E-state index in [2.05, 4.69) is 10.6 Å². The lowest BCUT2D eigenvalue weighted by Gasteiger charge is -2.33. The summed E-state index contributed by atoms with van der Waals surface area (Å²) in [6.07, 6.45) is 0. The van der Waals surface area contributed by atoms with E-state index in [0.717, 1.165) is 13.1 Å². The van der Waals surface area contributed by atoms with Gasteiger partial charge in [0.2, 0.25) is 11.8 Å². The fourth-order valence-electron chi connectivity index (χ4n) is 1.88. The summed E-state index contributed by atoms with van der Waals surface area (Å²) >= 11 is 0. The summed E-state index contributed by atoms with van der Waals surface area (Å²) in [7, 11) is 1.69. The van der Waals surface area contributed by atoms with Crippen molar-refractivity contribution in [1.82, 2.24) is 15.5 Å². The minimum Gasteiger partial charge on any atom is -0.354 e. The van der Waals surface area contributed by atoms with Crippen LogP contribution in [0.2, 0.25) is 0 Å². The summed E-state index contributed by atoms with van der Waals surface area (Å²) in [5.74, 6) is 0.808. The first kappa shape index (κ1) is 15.0. The number of rotatable bonds is 6. The van der Waals surface area contributed by atoms with Gasteiger partial charge < -0.3 is 15.5 Å². The molecule has 18 heavy (non-hydrogen) atoms. The maximum absolute atomic E-state index is 12.1. The van der Waals surface area contributed by atoms with Gasteiger partial charge in [0.15, 0.2) is 0 Å². The lowest BCUT2D eigenvalue weighted by atomic mass is 9.88. The van der Waals surface area contributed by atoms with Crippen LogP contribution in [0.15, 0.2) is 0 Å². The Labute approximate surface area is 109 Å². The lowest BCUT2D eigenvalue weighted by Crippen LogP contribution is -2.51. The van der Waals surface area contributed by atoms with Crippen LogP contribution in [0.5, 0.6) is 0 Å². The SMILES string of the molecule is CC(C)CNC(=O)CN(C)C(=O)C(C)C1CNC1. The van der Waals surface area contributed by atoms with E-state index in [9.17, 15) is 9.59 Å². The maximum atomic E-state index is 12.1. The molecule has 5 nitrogen and oxygen atoms in total. The van der Waals surface area contributed by atoms with Crippen LogP contribution in [0.3, 0.4) is 0 Å². The summed E-state index contributed by atoms with van der Waals surface area (Å²) in [6, 6.07) is 0. The zero-order valence-corrected chi connectivity index (χ0v) is 11.8. The van der Waals surface area contributed by atoms with Crippen LogP contribution in [0.1, 0.15) is 20.8 Å². The molecule has 2 amide bonds. The summed E-state index contributed by atoms with van der Waals surface area (Å²) < 4.78 is 0. The number of nitrogens with one attached hydrogen (secondary N) is 2. The summed E-state index contributed by atoms with van der Waals surface area (Å²) in [4.78, 5) is 25.2. The Hall–Kier alpha value is -1.10. The molecule has 0 aromatic heterocycles. The van der Waals surface area contributed by atoms with Gasteiger partial charge in [0, 0.05) is 19.5 Å². The molecule has 0 aromatic carbocycles. The van der Waals surface area contributed by atoms with Crippen LogP contribution in [0.25, 0.3) is 0 Å². The minimum absolute atomic E-state index is 0.00542. The second-order valence-electron chi connectivity index (χ2n) is 5.60. The van der Waals surface area contributed by atoms with Crippen molar-refractivity contribution in [3.63, 3.8) is 0 Å². The van der Waals surface area contributed by atoms with Crippen LogP contribution in [0.4, 0.5) is 0 Å². The molecule has 1 heterocycles. The van der Waals surface area contributed by atoms with E-state index in [-0.39, 0.29) is 24.3 Å². The number of hydrogen-bond donors (Lipinski definition) is 2. The van der Waals surface area contributed by atoms with Gasteiger partial charge in [-0.25, -0.2) is 0 Å². The molecule has 0 spiro atoms. The zero-order chi connectivity index (χ0) is 13.7. The van der Waals surface area contributed by atoms with Crippen molar-refractivity contribution in [3.05, 3.63) is 0 Å². The van der Waals surface area contributed by atoms with Crippen LogP contribution in [-0.4, -0.2) is 49.9 Å². The van der Waals surface area contributed by atoms with E-state index in [0.29, 0.717) is 18.4 Å².